The van der Waals surface area contributed by atoms with Crippen LogP contribution in [0.4, 0.5) is 0 Å². The van der Waals surface area contributed by atoms with Crippen LogP contribution in [0.25, 0.3) is 0 Å². The summed E-state index contributed by atoms with van der Waals surface area (Å²) in [5.41, 5.74) is 10.9. The Labute approximate surface area is 96.1 Å². The number of carbonyl (C=O) groups excluding carboxylic acids is 2. The summed E-state index contributed by atoms with van der Waals surface area (Å²) in [6.45, 7) is 1.86. The maximum Gasteiger partial charge on any atom is 0.240 e. The second-order valence-corrected chi connectivity index (χ2v) is 4.39. The van der Waals surface area contributed by atoms with Gasteiger partial charge in [-0.1, -0.05) is 19.8 Å². The molecule has 0 aromatic heterocycles. The van der Waals surface area contributed by atoms with Crippen molar-refractivity contribution in [3.63, 3.8) is 0 Å². The largest absolute Gasteiger partial charge is 0.368 e. The second-order valence-electron chi connectivity index (χ2n) is 4.39. The quantitative estimate of drug-likeness (QED) is 0.691. The highest BCUT2D eigenvalue weighted by molar-refractivity contribution is 5.87. The Morgan fingerprint density at radius 1 is 1.38 bits per heavy atom. The Morgan fingerprint density at radius 3 is 2.38 bits per heavy atom. The van der Waals surface area contributed by atoms with Gasteiger partial charge in [0.2, 0.25) is 11.8 Å². The summed E-state index contributed by atoms with van der Waals surface area (Å²) < 4.78 is 0. The molecule has 0 aromatic rings. The van der Waals surface area contributed by atoms with E-state index in [0.717, 1.165) is 25.7 Å². The highest BCUT2D eigenvalue weighted by atomic mass is 16.2. The number of rotatable bonds is 5. The molecule has 5 nitrogen and oxygen atoms in total. The van der Waals surface area contributed by atoms with Gasteiger partial charge in [0.1, 0.15) is 0 Å². The average Bonchev–Trinajstić information content (AvgIpc) is 2.76. The third-order valence-corrected chi connectivity index (χ3v) is 3.13. The van der Waals surface area contributed by atoms with Gasteiger partial charge in [-0.25, -0.2) is 0 Å². The minimum absolute atomic E-state index is 0.00278. The molecule has 0 spiro atoms. The Hall–Kier alpha value is -1.10. The molecule has 0 saturated heterocycles. The standard InChI is InChI=1S/C11H21N3O2/c1-2-9(12)11(16)14(7-10(13)15)8-5-3-4-6-8/h8-9H,2-7,12H2,1H3,(H2,13,15)/t9-/m0/s1. The molecule has 1 fully saturated rings. The van der Waals surface area contributed by atoms with Gasteiger partial charge in [-0.05, 0) is 19.3 Å². The molecule has 4 N–H and O–H groups in total. The Morgan fingerprint density at radius 2 is 1.94 bits per heavy atom. The smallest absolute Gasteiger partial charge is 0.240 e. The molecule has 2 amide bonds. The first kappa shape index (κ1) is 13.0. The first-order valence-corrected chi connectivity index (χ1v) is 5.90. The Kier molecular flexibility index (Phi) is 4.73. The van der Waals surface area contributed by atoms with E-state index >= 15 is 0 Å². The van der Waals surface area contributed by atoms with Crippen LogP contribution in [-0.2, 0) is 9.59 Å². The van der Waals surface area contributed by atoms with Crippen LogP contribution in [0.3, 0.4) is 0 Å². The van der Waals surface area contributed by atoms with Crippen LogP contribution in [0.2, 0.25) is 0 Å². The van der Waals surface area contributed by atoms with E-state index in [1.54, 1.807) is 4.90 Å². The monoisotopic (exact) mass is 227 g/mol. The summed E-state index contributed by atoms with van der Waals surface area (Å²) in [5.74, 6) is -0.614. The summed E-state index contributed by atoms with van der Waals surface area (Å²) in [5, 5.41) is 0. The molecule has 0 bridgehead atoms. The number of primary amides is 1. The number of hydrogen-bond donors (Lipinski definition) is 2. The lowest BCUT2D eigenvalue weighted by Gasteiger charge is -2.29. The van der Waals surface area contributed by atoms with Crippen LogP contribution < -0.4 is 11.5 Å². The zero-order valence-electron chi connectivity index (χ0n) is 9.82. The second kappa shape index (κ2) is 5.84. The molecule has 1 saturated carbocycles. The van der Waals surface area contributed by atoms with E-state index < -0.39 is 11.9 Å². The fourth-order valence-electron chi connectivity index (χ4n) is 2.16. The van der Waals surface area contributed by atoms with Crippen molar-refractivity contribution in [3.05, 3.63) is 0 Å². The molecular weight excluding hydrogens is 206 g/mol. The van der Waals surface area contributed by atoms with Gasteiger partial charge in [0.25, 0.3) is 0 Å². The van der Waals surface area contributed by atoms with Gasteiger partial charge >= 0.3 is 0 Å². The van der Waals surface area contributed by atoms with Crippen LogP contribution in [-0.4, -0.2) is 35.3 Å². The van der Waals surface area contributed by atoms with E-state index in [1.807, 2.05) is 6.92 Å². The molecule has 5 heteroatoms. The maximum atomic E-state index is 12.0. The molecule has 1 aliphatic rings. The van der Waals surface area contributed by atoms with E-state index in [-0.39, 0.29) is 18.5 Å². The molecule has 16 heavy (non-hydrogen) atoms. The van der Waals surface area contributed by atoms with Crippen LogP contribution in [0.5, 0.6) is 0 Å². The maximum absolute atomic E-state index is 12.0. The predicted molar refractivity (Wildman–Crippen MR) is 61.4 cm³/mol. The van der Waals surface area contributed by atoms with Gasteiger partial charge in [0.15, 0.2) is 0 Å². The lowest BCUT2D eigenvalue weighted by atomic mass is 10.1. The molecule has 0 heterocycles. The van der Waals surface area contributed by atoms with E-state index in [9.17, 15) is 9.59 Å². The minimum atomic E-state index is -0.514. The fraction of sp³-hybridized carbons (Fsp3) is 0.818. The molecule has 1 atom stereocenters. The van der Waals surface area contributed by atoms with Crippen molar-refractivity contribution >= 4 is 11.8 Å². The number of hydrogen-bond acceptors (Lipinski definition) is 3. The highest BCUT2D eigenvalue weighted by Crippen LogP contribution is 2.23. The molecule has 92 valence electrons. The van der Waals surface area contributed by atoms with E-state index in [1.165, 1.54) is 0 Å². The molecule has 1 aliphatic carbocycles. The minimum Gasteiger partial charge on any atom is -0.368 e. The molecule has 0 aromatic carbocycles. The summed E-state index contributed by atoms with van der Waals surface area (Å²) >= 11 is 0. The number of carbonyl (C=O) groups is 2. The first-order valence-electron chi connectivity index (χ1n) is 5.90. The first-order chi connectivity index (χ1) is 7.56. The van der Waals surface area contributed by atoms with Gasteiger partial charge in [-0.2, -0.15) is 0 Å². The van der Waals surface area contributed by atoms with Crippen molar-refractivity contribution in [1.82, 2.24) is 4.90 Å². The van der Waals surface area contributed by atoms with Crippen LogP contribution in [0, 0.1) is 0 Å². The zero-order valence-corrected chi connectivity index (χ0v) is 9.82. The third kappa shape index (κ3) is 3.20. The van der Waals surface area contributed by atoms with Gasteiger partial charge < -0.3 is 16.4 Å². The van der Waals surface area contributed by atoms with Gasteiger partial charge in [-0.3, -0.25) is 9.59 Å². The van der Waals surface area contributed by atoms with Crippen LogP contribution in [0.15, 0.2) is 0 Å². The average molecular weight is 227 g/mol. The topological polar surface area (TPSA) is 89.4 Å². The molecule has 1 rings (SSSR count). The number of nitrogens with zero attached hydrogens (tertiary/aromatic N) is 1. The summed E-state index contributed by atoms with van der Waals surface area (Å²) in [4.78, 5) is 24.5. The lowest BCUT2D eigenvalue weighted by Crippen LogP contribution is -2.50. The van der Waals surface area contributed by atoms with Crippen molar-refractivity contribution in [3.8, 4) is 0 Å². The van der Waals surface area contributed by atoms with E-state index in [2.05, 4.69) is 0 Å². The SMILES string of the molecule is CC[C@H](N)C(=O)N(CC(N)=O)C1CCCC1. The molecular formula is C11H21N3O2. The normalized spacial score (nSPS) is 18.4. The van der Waals surface area contributed by atoms with Crippen molar-refractivity contribution in [2.75, 3.05) is 6.54 Å². The fourth-order valence-corrected chi connectivity index (χ4v) is 2.16. The third-order valence-electron chi connectivity index (χ3n) is 3.13. The zero-order chi connectivity index (χ0) is 12.1. The number of amides is 2. The summed E-state index contributed by atoms with van der Waals surface area (Å²) in [6.07, 6.45) is 4.70. The van der Waals surface area contributed by atoms with Crippen molar-refractivity contribution in [2.24, 2.45) is 11.5 Å². The molecule has 0 radical (unpaired) electrons. The van der Waals surface area contributed by atoms with Crippen molar-refractivity contribution in [2.45, 2.75) is 51.1 Å². The predicted octanol–water partition coefficient (Wildman–Crippen LogP) is -0.0198. The van der Waals surface area contributed by atoms with Crippen molar-refractivity contribution < 1.29 is 9.59 Å². The van der Waals surface area contributed by atoms with Gasteiger partial charge in [0.05, 0.1) is 12.6 Å². The Balaban J connectivity index is 2.69. The van der Waals surface area contributed by atoms with Gasteiger partial charge in [0, 0.05) is 6.04 Å². The molecule has 0 unspecified atom stereocenters. The molecule has 0 aliphatic heterocycles. The van der Waals surface area contributed by atoms with Gasteiger partial charge in [-0.15, -0.1) is 0 Å². The summed E-state index contributed by atoms with van der Waals surface area (Å²) in [7, 11) is 0. The van der Waals surface area contributed by atoms with E-state index in [4.69, 9.17) is 11.5 Å². The van der Waals surface area contributed by atoms with Crippen LogP contribution >= 0.6 is 0 Å². The summed E-state index contributed by atoms with van der Waals surface area (Å²) in [6, 6.07) is -0.363. The van der Waals surface area contributed by atoms with E-state index in [0.29, 0.717) is 6.42 Å². The highest BCUT2D eigenvalue weighted by Gasteiger charge is 2.29. The Bertz CT molecular complexity index is 262. The van der Waals surface area contributed by atoms with Crippen LogP contribution in [0.1, 0.15) is 39.0 Å². The number of nitrogens with two attached hydrogens (primary N) is 2. The lowest BCUT2D eigenvalue weighted by molar-refractivity contribution is -0.138. The van der Waals surface area contributed by atoms with Crippen molar-refractivity contribution in [1.29, 1.82) is 0 Å².